The van der Waals surface area contributed by atoms with Crippen molar-refractivity contribution in [3.05, 3.63) is 187 Å². The van der Waals surface area contributed by atoms with E-state index in [2.05, 4.69) is 151 Å². The molecule has 0 spiro atoms. The van der Waals surface area contributed by atoms with Gasteiger partial charge in [0.2, 0.25) is 5.89 Å². The number of nitrogens with zero attached hydrogens (tertiary/aromatic N) is 3. The maximum absolute atomic E-state index is 6.86. The Bertz CT molecular complexity index is 3220. The summed E-state index contributed by atoms with van der Waals surface area (Å²) in [5, 5.41) is 10.5. The average Bonchev–Trinajstić information content (AvgIpc) is 3.84. The van der Waals surface area contributed by atoms with Crippen molar-refractivity contribution < 1.29 is 4.42 Å². The molecule has 0 unspecified atom stereocenters. The van der Waals surface area contributed by atoms with Gasteiger partial charge in [0.05, 0.1) is 11.1 Å². The van der Waals surface area contributed by atoms with E-state index >= 15 is 0 Å². The summed E-state index contributed by atoms with van der Waals surface area (Å²) in [6.45, 7) is 0. The second kappa shape index (κ2) is 12.2. The lowest BCUT2D eigenvalue weighted by atomic mass is 9.94. The number of amidine groups is 3. The predicted octanol–water partition coefficient (Wildman–Crippen LogP) is 11.1. The summed E-state index contributed by atoms with van der Waals surface area (Å²) in [5.74, 6) is 2.55. The van der Waals surface area contributed by atoms with E-state index in [0.717, 1.165) is 70.5 Å². The lowest BCUT2D eigenvalue weighted by Gasteiger charge is -2.13. The fourth-order valence-electron chi connectivity index (χ4n) is 7.60. The number of benzene rings is 8. The third-order valence-corrected chi connectivity index (χ3v) is 11.3. The molecule has 0 aliphatic carbocycles. The average molecular weight is 710 g/mol. The Morgan fingerprint density at radius 3 is 1.96 bits per heavy atom. The van der Waals surface area contributed by atoms with E-state index in [0.29, 0.717) is 29.0 Å². The molecule has 8 aromatic carbocycles. The van der Waals surface area contributed by atoms with Gasteiger partial charge in [0.1, 0.15) is 11.1 Å². The van der Waals surface area contributed by atoms with Gasteiger partial charge in [-0.05, 0) is 81.2 Å². The molecule has 54 heavy (non-hydrogen) atoms. The van der Waals surface area contributed by atoms with E-state index < -0.39 is 0 Å². The molecule has 3 heterocycles. The Morgan fingerprint density at radius 2 is 1.19 bits per heavy atom. The van der Waals surface area contributed by atoms with E-state index in [-0.39, 0.29) is 0 Å². The standard InChI is InChI=1S/C48H28N4OS/c1-3-14-30(15-4-1)37-26-33-19-9-10-20-34(33)27-38(37)46-50-45(31-16-5-2-6-17-31)51-47(52-46)43-42-36-21-11-12-22-40(36)54-41(42)28-39-44(43)53-48(49-39)35-24-23-29-13-7-8-18-32(29)25-35/h1-28H/p+1. The van der Waals surface area contributed by atoms with Crippen LogP contribution in [0.5, 0.6) is 0 Å². The number of hydrogen-bond acceptors (Lipinski definition) is 5. The van der Waals surface area contributed by atoms with Crippen molar-refractivity contribution in [2.45, 2.75) is 0 Å². The largest absolute Gasteiger partial charge is 0.435 e. The zero-order valence-electron chi connectivity index (χ0n) is 28.8. The zero-order valence-corrected chi connectivity index (χ0v) is 29.6. The van der Waals surface area contributed by atoms with Crippen LogP contribution < -0.4 is 9.98 Å². The van der Waals surface area contributed by atoms with Gasteiger partial charge in [0.25, 0.3) is 5.84 Å². The fraction of sp³-hybridized carbons (Fsp3) is 0. The van der Waals surface area contributed by atoms with E-state index in [1.165, 1.54) is 10.1 Å². The Morgan fingerprint density at radius 1 is 0.537 bits per heavy atom. The fourth-order valence-corrected chi connectivity index (χ4v) is 8.75. The van der Waals surface area contributed by atoms with Gasteiger partial charge < -0.3 is 4.42 Å². The Kier molecular flexibility index (Phi) is 6.92. The monoisotopic (exact) mass is 709 g/mol. The van der Waals surface area contributed by atoms with Crippen LogP contribution in [0.2, 0.25) is 0 Å². The first-order valence-corrected chi connectivity index (χ1v) is 18.7. The Hall–Kier alpha value is -7.11. The van der Waals surface area contributed by atoms with Gasteiger partial charge in [-0.3, -0.25) is 0 Å². The SMILES string of the molecule is c1ccc(C2=NC(c3c4oc(-c5ccc6ccccc6c5)nc4cc4sc5ccccc5c34)=[N+]=C(c3cc4ccccc4cc3-c3ccccc3)N2)cc1. The Labute approximate surface area is 313 Å². The lowest BCUT2D eigenvalue weighted by molar-refractivity contribution is 0.619. The maximum Gasteiger partial charge on any atom is 0.364 e. The minimum absolute atomic E-state index is 0.561. The molecule has 1 aliphatic rings. The third-order valence-electron chi connectivity index (χ3n) is 10.2. The molecule has 10 aromatic rings. The molecule has 6 heteroatoms. The first-order chi connectivity index (χ1) is 26.7. The van der Waals surface area contributed by atoms with Gasteiger partial charge in [0, 0.05) is 25.7 Å². The second-order valence-corrected chi connectivity index (χ2v) is 14.6. The summed E-state index contributed by atoms with van der Waals surface area (Å²) in [6, 6.07) is 59.1. The van der Waals surface area contributed by atoms with Crippen molar-refractivity contribution >= 4 is 81.7 Å². The molecule has 0 saturated heterocycles. The number of aromatic nitrogens is 1. The van der Waals surface area contributed by atoms with Crippen molar-refractivity contribution in [3.63, 3.8) is 0 Å². The number of fused-ring (bicyclic) bond motifs is 6. The highest BCUT2D eigenvalue weighted by molar-refractivity contribution is 7.26. The topological polar surface area (TPSA) is 64.5 Å². The number of aliphatic imine (C=N–C) groups is 1. The van der Waals surface area contributed by atoms with Crippen LogP contribution in [0, 0.1) is 0 Å². The molecule has 2 aromatic heterocycles. The van der Waals surface area contributed by atoms with Gasteiger partial charge >= 0.3 is 11.7 Å². The number of nitrogens with one attached hydrogen (secondary N) is 1. The quantitative estimate of drug-likeness (QED) is 0.181. The molecule has 5 nitrogen and oxygen atoms in total. The second-order valence-electron chi connectivity index (χ2n) is 13.5. The minimum Gasteiger partial charge on any atom is -0.435 e. The van der Waals surface area contributed by atoms with Crippen molar-refractivity contribution in [1.82, 2.24) is 15.0 Å². The van der Waals surface area contributed by atoms with Gasteiger partial charge in [-0.15, -0.1) is 11.3 Å². The molecule has 1 aliphatic heterocycles. The molecule has 0 saturated carbocycles. The van der Waals surface area contributed by atoms with Crippen molar-refractivity contribution in [2.24, 2.45) is 4.99 Å². The molecule has 11 rings (SSSR count). The summed E-state index contributed by atoms with van der Waals surface area (Å²) in [7, 11) is 0. The molecule has 0 amide bonds. The normalized spacial score (nSPS) is 13.0. The van der Waals surface area contributed by atoms with Crippen LogP contribution in [0.25, 0.3) is 75.4 Å². The highest BCUT2D eigenvalue weighted by Gasteiger charge is 2.32. The minimum atomic E-state index is 0.561. The molecular weight excluding hydrogens is 681 g/mol. The van der Waals surface area contributed by atoms with Crippen LogP contribution in [-0.2, 0) is 0 Å². The molecule has 0 radical (unpaired) electrons. The predicted molar refractivity (Wildman–Crippen MR) is 226 cm³/mol. The van der Waals surface area contributed by atoms with Gasteiger partial charge in [-0.25, -0.2) is 15.0 Å². The van der Waals surface area contributed by atoms with Crippen LogP contribution in [0.1, 0.15) is 16.7 Å². The summed E-state index contributed by atoms with van der Waals surface area (Å²) >= 11 is 1.75. The maximum atomic E-state index is 6.86. The summed E-state index contributed by atoms with van der Waals surface area (Å²) in [4.78, 5) is 10.4. The number of hydrogen-bond donors (Lipinski definition) is 1. The van der Waals surface area contributed by atoms with Gasteiger partial charge in [0.15, 0.2) is 5.58 Å². The van der Waals surface area contributed by atoms with Crippen molar-refractivity contribution in [3.8, 4) is 22.6 Å². The van der Waals surface area contributed by atoms with Crippen LogP contribution in [-0.4, -0.2) is 22.5 Å². The molecule has 1 N–H and O–H groups in total. The summed E-state index contributed by atoms with van der Waals surface area (Å²) in [6.07, 6.45) is 0. The zero-order chi connectivity index (χ0) is 35.6. The smallest absolute Gasteiger partial charge is 0.364 e. The molecule has 0 atom stereocenters. The van der Waals surface area contributed by atoms with Gasteiger partial charge in [-0.1, -0.05) is 126 Å². The summed E-state index contributed by atoms with van der Waals surface area (Å²) < 4.78 is 14.6. The van der Waals surface area contributed by atoms with Crippen LogP contribution in [0.3, 0.4) is 0 Å². The van der Waals surface area contributed by atoms with E-state index in [4.69, 9.17) is 19.1 Å². The van der Waals surface area contributed by atoms with Crippen LogP contribution in [0.4, 0.5) is 0 Å². The van der Waals surface area contributed by atoms with Gasteiger partial charge in [-0.2, -0.15) is 0 Å². The van der Waals surface area contributed by atoms with E-state index in [1.54, 1.807) is 11.3 Å². The molecule has 252 valence electrons. The molecule has 0 fully saturated rings. The third kappa shape index (κ3) is 5.05. The van der Waals surface area contributed by atoms with Crippen molar-refractivity contribution in [2.75, 3.05) is 0 Å². The highest BCUT2D eigenvalue weighted by Crippen LogP contribution is 2.41. The highest BCUT2D eigenvalue weighted by atomic mass is 32.1. The van der Waals surface area contributed by atoms with Crippen molar-refractivity contribution in [1.29, 1.82) is 0 Å². The van der Waals surface area contributed by atoms with E-state index in [1.807, 2.05) is 24.3 Å². The van der Waals surface area contributed by atoms with Crippen LogP contribution >= 0.6 is 11.3 Å². The first-order valence-electron chi connectivity index (χ1n) is 17.9. The summed E-state index contributed by atoms with van der Waals surface area (Å²) in [5.41, 5.74) is 7.30. The first kappa shape index (κ1) is 30.5. The van der Waals surface area contributed by atoms with Crippen LogP contribution in [0.15, 0.2) is 179 Å². The van der Waals surface area contributed by atoms with E-state index in [9.17, 15) is 0 Å². The number of thiophene rings is 1. The number of rotatable bonds is 5. The number of oxazole rings is 1. The molecule has 0 bridgehead atoms. The Balaban J connectivity index is 1.24. The molecular formula is C48H29N4OS+. The lowest BCUT2D eigenvalue weighted by Crippen LogP contribution is -2.39.